The number of amides is 3. The molecule has 0 saturated heterocycles. The normalized spacial score (nSPS) is 14.5. The molecule has 1 rings (SSSR count). The fourth-order valence-electron chi connectivity index (χ4n) is 4.78. The van der Waals surface area contributed by atoms with Crippen molar-refractivity contribution in [3.8, 4) is 11.5 Å². The van der Waals surface area contributed by atoms with Gasteiger partial charge < -0.3 is 35.7 Å². The Morgan fingerprint density at radius 2 is 1.70 bits per heavy atom. The van der Waals surface area contributed by atoms with Crippen LogP contribution in [0.5, 0.6) is 11.5 Å². The van der Waals surface area contributed by atoms with Gasteiger partial charge in [-0.2, -0.15) is 0 Å². The fraction of sp³-hybridized carbons (Fsp3) is 0.727. The van der Waals surface area contributed by atoms with E-state index < -0.39 is 35.5 Å². The van der Waals surface area contributed by atoms with Gasteiger partial charge in [-0.25, -0.2) is 4.79 Å². The third-order valence-electron chi connectivity index (χ3n) is 8.03. The van der Waals surface area contributed by atoms with Crippen LogP contribution in [-0.4, -0.2) is 62.0 Å². The van der Waals surface area contributed by atoms with Crippen molar-refractivity contribution in [2.24, 2.45) is 34.8 Å². The number of primary amides is 1. The minimum atomic E-state index is -1.02. The van der Waals surface area contributed by atoms with Crippen molar-refractivity contribution in [2.45, 2.75) is 99.6 Å². The van der Waals surface area contributed by atoms with E-state index in [1.165, 1.54) is 0 Å². The average Bonchev–Trinajstić information content (AvgIpc) is 2.93. The Morgan fingerprint density at radius 1 is 1.02 bits per heavy atom. The highest BCUT2D eigenvalue weighted by Gasteiger charge is 2.34. The molecule has 0 aliphatic rings. The molecule has 0 fully saturated rings. The maximum Gasteiger partial charge on any atom is 0.407 e. The molecule has 10 nitrogen and oxygen atoms in total. The van der Waals surface area contributed by atoms with E-state index in [1.807, 2.05) is 32.0 Å². The second-order valence-corrected chi connectivity index (χ2v) is 12.7. The van der Waals surface area contributed by atoms with Gasteiger partial charge in [0.15, 0.2) is 11.5 Å². The first-order valence-electron chi connectivity index (χ1n) is 15.6. The van der Waals surface area contributed by atoms with Crippen LogP contribution in [0.1, 0.15) is 86.6 Å². The van der Waals surface area contributed by atoms with E-state index in [9.17, 15) is 19.5 Å². The largest absolute Gasteiger partial charge is 0.493 e. The van der Waals surface area contributed by atoms with Crippen LogP contribution < -0.4 is 25.8 Å². The van der Waals surface area contributed by atoms with Crippen molar-refractivity contribution in [1.82, 2.24) is 10.6 Å². The van der Waals surface area contributed by atoms with Gasteiger partial charge in [-0.3, -0.25) is 9.59 Å². The van der Waals surface area contributed by atoms with E-state index in [-0.39, 0.29) is 43.2 Å². The number of rotatable bonds is 20. The second kappa shape index (κ2) is 18.6. The summed E-state index contributed by atoms with van der Waals surface area (Å²) >= 11 is 0. The predicted octanol–water partition coefficient (Wildman–Crippen LogP) is 4.84. The number of benzene rings is 1. The standard InChI is InChI=1S/C33H57N3O7/c1-10-12-15-43-29-17-23(13-14-28(29)41-9)16-24(21(3)4)18-26(36-32(40)42-11-2)27(37)19-25(22(5)6)30(38)35-20-33(7,8)31(34)39/h13-14,17,21-22,24-27,37H,10-12,15-16,18-20H2,1-9H3,(H2,34,39)(H,35,38)(H,36,40)/t24?,25?,26-,27-/m0/s1. The Bertz CT molecular complexity index is 1010. The van der Waals surface area contributed by atoms with Gasteiger partial charge in [0, 0.05) is 12.5 Å². The molecule has 0 saturated carbocycles. The SMILES string of the molecule is CCCCOc1cc(CC(C[C@H](NC(=O)OCC)[C@@H](O)CC(C(=O)NCC(C)(C)C(N)=O)C(C)C)C(C)C)ccc1OC. The number of unbranched alkanes of at least 4 members (excludes halogenated alkanes) is 1. The number of hydrogen-bond acceptors (Lipinski definition) is 7. The zero-order valence-electron chi connectivity index (χ0n) is 27.8. The Kier molecular flexibility index (Phi) is 16.5. The lowest BCUT2D eigenvalue weighted by atomic mass is 9.80. The van der Waals surface area contributed by atoms with Gasteiger partial charge in [-0.15, -0.1) is 0 Å². The van der Waals surface area contributed by atoms with Crippen LogP contribution in [0, 0.1) is 29.1 Å². The van der Waals surface area contributed by atoms with Gasteiger partial charge in [-0.05, 0) is 81.9 Å². The Hall–Kier alpha value is -3.01. The topological polar surface area (TPSA) is 149 Å². The molecule has 1 aromatic carbocycles. The number of alkyl carbamates (subject to hydrolysis) is 1. The highest BCUT2D eigenvalue weighted by Crippen LogP contribution is 2.32. The summed E-state index contributed by atoms with van der Waals surface area (Å²) < 4.78 is 16.6. The number of ether oxygens (including phenoxy) is 3. The summed E-state index contributed by atoms with van der Waals surface area (Å²) in [6, 6.07) is 5.27. The molecule has 0 aliphatic carbocycles. The average molecular weight is 608 g/mol. The van der Waals surface area contributed by atoms with Gasteiger partial charge >= 0.3 is 6.09 Å². The Labute approximate surface area is 258 Å². The molecular formula is C33H57N3O7. The quantitative estimate of drug-likeness (QED) is 0.155. The highest BCUT2D eigenvalue weighted by molar-refractivity contribution is 5.83. The van der Waals surface area contributed by atoms with Gasteiger partial charge in [-0.1, -0.05) is 47.1 Å². The van der Waals surface area contributed by atoms with E-state index in [0.717, 1.165) is 18.4 Å². The van der Waals surface area contributed by atoms with Gasteiger partial charge in [0.25, 0.3) is 0 Å². The van der Waals surface area contributed by atoms with Gasteiger partial charge in [0.2, 0.25) is 11.8 Å². The summed E-state index contributed by atoms with van der Waals surface area (Å²) in [5, 5.41) is 17.2. The smallest absolute Gasteiger partial charge is 0.407 e. The molecule has 5 N–H and O–H groups in total. The summed E-state index contributed by atoms with van der Waals surface area (Å²) in [6.07, 6.45) is 1.63. The summed E-state index contributed by atoms with van der Waals surface area (Å²) in [5.41, 5.74) is 5.62. The number of nitrogens with one attached hydrogen (secondary N) is 2. The number of methoxy groups -OCH3 is 1. The molecule has 0 radical (unpaired) electrons. The number of nitrogens with two attached hydrogens (primary N) is 1. The van der Waals surface area contributed by atoms with Crippen molar-refractivity contribution in [3.63, 3.8) is 0 Å². The number of hydrogen-bond donors (Lipinski definition) is 4. The molecule has 246 valence electrons. The Morgan fingerprint density at radius 3 is 2.23 bits per heavy atom. The number of aliphatic hydroxyl groups excluding tert-OH is 1. The molecule has 0 heterocycles. The molecule has 1 aromatic rings. The molecule has 0 aliphatic heterocycles. The van der Waals surface area contributed by atoms with Crippen molar-refractivity contribution in [1.29, 1.82) is 0 Å². The Balaban J connectivity index is 3.19. The first-order chi connectivity index (χ1) is 20.2. The summed E-state index contributed by atoms with van der Waals surface area (Å²) in [6.45, 7) is 16.1. The molecule has 10 heteroatoms. The van der Waals surface area contributed by atoms with Crippen LogP contribution in [0.15, 0.2) is 18.2 Å². The number of carbonyl (C=O) groups is 3. The molecule has 4 atom stereocenters. The van der Waals surface area contributed by atoms with Crippen molar-refractivity contribution >= 4 is 17.9 Å². The third kappa shape index (κ3) is 13.0. The highest BCUT2D eigenvalue weighted by atomic mass is 16.5. The maximum absolute atomic E-state index is 13.2. The van der Waals surface area contributed by atoms with E-state index in [0.29, 0.717) is 30.9 Å². The second-order valence-electron chi connectivity index (χ2n) is 12.7. The van der Waals surface area contributed by atoms with Crippen molar-refractivity contribution in [2.75, 3.05) is 26.9 Å². The van der Waals surface area contributed by atoms with Crippen LogP contribution in [-0.2, 0) is 20.7 Å². The lowest BCUT2D eigenvalue weighted by Crippen LogP contribution is -2.49. The molecule has 0 spiro atoms. The summed E-state index contributed by atoms with van der Waals surface area (Å²) in [4.78, 5) is 37.4. The maximum atomic E-state index is 13.2. The fourth-order valence-corrected chi connectivity index (χ4v) is 4.78. The van der Waals surface area contributed by atoms with Crippen LogP contribution >= 0.6 is 0 Å². The summed E-state index contributed by atoms with van der Waals surface area (Å²) in [7, 11) is 1.62. The molecule has 43 heavy (non-hydrogen) atoms. The lowest BCUT2D eigenvalue weighted by molar-refractivity contribution is -0.130. The molecule has 3 amide bonds. The third-order valence-corrected chi connectivity index (χ3v) is 8.03. The van der Waals surface area contributed by atoms with E-state index in [1.54, 1.807) is 27.9 Å². The first kappa shape index (κ1) is 38.0. The minimum absolute atomic E-state index is 0.0844. The van der Waals surface area contributed by atoms with Gasteiger partial charge in [0.05, 0.1) is 37.9 Å². The molecule has 0 bridgehead atoms. The van der Waals surface area contributed by atoms with Crippen molar-refractivity contribution < 1.29 is 33.7 Å². The predicted molar refractivity (Wildman–Crippen MR) is 169 cm³/mol. The number of carbonyl (C=O) groups excluding carboxylic acids is 3. The molecular weight excluding hydrogens is 550 g/mol. The monoisotopic (exact) mass is 607 g/mol. The zero-order valence-corrected chi connectivity index (χ0v) is 27.8. The molecule has 0 aromatic heterocycles. The van der Waals surface area contributed by atoms with Crippen LogP contribution in [0.2, 0.25) is 0 Å². The van der Waals surface area contributed by atoms with Crippen LogP contribution in [0.4, 0.5) is 4.79 Å². The lowest BCUT2D eigenvalue weighted by Gasteiger charge is -2.32. The van der Waals surface area contributed by atoms with E-state index in [2.05, 4.69) is 31.4 Å². The first-order valence-corrected chi connectivity index (χ1v) is 15.6. The minimum Gasteiger partial charge on any atom is -0.493 e. The zero-order chi connectivity index (χ0) is 32.7. The van der Waals surface area contributed by atoms with Crippen molar-refractivity contribution in [3.05, 3.63) is 23.8 Å². The van der Waals surface area contributed by atoms with Gasteiger partial charge in [0.1, 0.15) is 0 Å². The van der Waals surface area contributed by atoms with E-state index >= 15 is 0 Å². The summed E-state index contributed by atoms with van der Waals surface area (Å²) in [5.74, 6) is 0.258. The molecule has 2 unspecified atom stereocenters. The van der Waals surface area contributed by atoms with Crippen LogP contribution in [0.25, 0.3) is 0 Å². The van der Waals surface area contributed by atoms with E-state index in [4.69, 9.17) is 19.9 Å². The van der Waals surface area contributed by atoms with Crippen LogP contribution in [0.3, 0.4) is 0 Å². The number of aliphatic hydroxyl groups is 1.